The van der Waals surface area contributed by atoms with Gasteiger partial charge in [0.25, 0.3) is 0 Å². The van der Waals surface area contributed by atoms with E-state index in [1.807, 2.05) is 25.1 Å². The molecule has 0 aliphatic carbocycles. The van der Waals surface area contributed by atoms with Crippen LogP contribution in [0.1, 0.15) is 35.4 Å². The maximum absolute atomic E-state index is 13.7. The van der Waals surface area contributed by atoms with Gasteiger partial charge in [-0.15, -0.1) is 0 Å². The summed E-state index contributed by atoms with van der Waals surface area (Å²) in [6, 6.07) is 16.2. The number of halogens is 1. The van der Waals surface area contributed by atoms with Crippen molar-refractivity contribution in [3.63, 3.8) is 0 Å². The highest BCUT2D eigenvalue weighted by Gasteiger charge is 2.09. The van der Waals surface area contributed by atoms with Crippen LogP contribution in [0, 0.1) is 0 Å². The Bertz CT molecular complexity index is 838. The Morgan fingerprint density at radius 1 is 1.12 bits per heavy atom. The van der Waals surface area contributed by atoms with Crippen molar-refractivity contribution >= 4 is 5.91 Å². The molecule has 0 bridgehead atoms. The van der Waals surface area contributed by atoms with Gasteiger partial charge < -0.3 is 5.73 Å². The number of benzene rings is 2. The number of alkyl halides is 1. The van der Waals surface area contributed by atoms with Crippen LogP contribution in [0.25, 0.3) is 22.5 Å². The number of hydrogen-bond acceptors (Lipinski definition) is 2. The molecule has 4 nitrogen and oxygen atoms in total. The molecule has 0 radical (unpaired) electrons. The molecule has 0 spiro atoms. The number of aromatic nitrogens is 2. The Morgan fingerprint density at radius 3 is 2.33 bits per heavy atom. The number of aromatic amines is 1. The third-order valence-electron chi connectivity index (χ3n) is 3.98. The van der Waals surface area contributed by atoms with Crippen LogP contribution in [0.5, 0.6) is 0 Å². The topological polar surface area (TPSA) is 71.8 Å². The molecule has 122 valence electrons. The minimum Gasteiger partial charge on any atom is -0.366 e. The van der Waals surface area contributed by atoms with Gasteiger partial charge in [-0.2, -0.15) is 5.10 Å². The fourth-order valence-electron chi connectivity index (χ4n) is 2.53. The lowest BCUT2D eigenvalue weighted by Gasteiger charge is -2.05. The van der Waals surface area contributed by atoms with Gasteiger partial charge in [-0.3, -0.25) is 9.89 Å². The second-order valence-corrected chi connectivity index (χ2v) is 5.61. The molecule has 3 N–H and O–H groups in total. The molecule has 0 aliphatic heterocycles. The fourth-order valence-corrected chi connectivity index (χ4v) is 2.53. The minimum atomic E-state index is -0.930. The first kappa shape index (κ1) is 15.9. The van der Waals surface area contributed by atoms with Crippen LogP contribution >= 0.6 is 0 Å². The van der Waals surface area contributed by atoms with E-state index in [1.165, 1.54) is 0 Å². The molecule has 3 aromatic rings. The zero-order valence-electron chi connectivity index (χ0n) is 13.3. The third-order valence-corrected chi connectivity index (χ3v) is 3.98. The number of hydrogen-bond donors (Lipinski definition) is 2. The maximum Gasteiger partial charge on any atom is 0.248 e. The SMILES string of the molecule is CCC(F)c1ccc(-c2cc(-c3ccc(C(N)=O)cc3)n[nH]2)cc1. The van der Waals surface area contributed by atoms with E-state index >= 15 is 0 Å². The predicted molar refractivity (Wildman–Crippen MR) is 92.1 cm³/mol. The molecular weight excluding hydrogens is 305 g/mol. The van der Waals surface area contributed by atoms with Gasteiger partial charge in [-0.05, 0) is 35.7 Å². The fraction of sp³-hybridized carbons (Fsp3) is 0.158. The first-order chi connectivity index (χ1) is 11.6. The second kappa shape index (κ2) is 6.66. The number of nitrogens with one attached hydrogen (secondary N) is 1. The van der Waals surface area contributed by atoms with Crippen LogP contribution in [0.3, 0.4) is 0 Å². The molecule has 5 heteroatoms. The smallest absolute Gasteiger partial charge is 0.248 e. The van der Waals surface area contributed by atoms with Crippen molar-refractivity contribution < 1.29 is 9.18 Å². The summed E-state index contributed by atoms with van der Waals surface area (Å²) >= 11 is 0. The van der Waals surface area contributed by atoms with E-state index in [0.29, 0.717) is 17.5 Å². The van der Waals surface area contributed by atoms with Gasteiger partial charge in [0, 0.05) is 11.1 Å². The predicted octanol–water partition coefficient (Wildman–Crippen LogP) is 4.26. The van der Waals surface area contributed by atoms with E-state index in [2.05, 4.69) is 10.2 Å². The second-order valence-electron chi connectivity index (χ2n) is 5.61. The van der Waals surface area contributed by atoms with E-state index in [-0.39, 0.29) is 0 Å². The molecule has 0 saturated carbocycles. The van der Waals surface area contributed by atoms with E-state index in [0.717, 1.165) is 22.5 Å². The number of nitrogens with two attached hydrogens (primary N) is 1. The number of carbonyl (C=O) groups excluding carboxylic acids is 1. The molecule has 1 amide bonds. The van der Waals surface area contributed by atoms with Crippen LogP contribution in [0.2, 0.25) is 0 Å². The Kier molecular flexibility index (Phi) is 4.42. The lowest BCUT2D eigenvalue weighted by Crippen LogP contribution is -2.10. The summed E-state index contributed by atoms with van der Waals surface area (Å²) in [4.78, 5) is 11.1. The quantitative estimate of drug-likeness (QED) is 0.736. The molecule has 2 aromatic carbocycles. The lowest BCUT2D eigenvalue weighted by molar-refractivity contribution is 0.100. The number of amides is 1. The highest BCUT2D eigenvalue weighted by Crippen LogP contribution is 2.27. The van der Waals surface area contributed by atoms with Gasteiger partial charge in [-0.1, -0.05) is 43.3 Å². The van der Waals surface area contributed by atoms with E-state index in [4.69, 9.17) is 5.73 Å². The lowest BCUT2D eigenvalue weighted by atomic mass is 10.0. The van der Waals surface area contributed by atoms with Crippen LogP contribution in [0.4, 0.5) is 4.39 Å². The largest absolute Gasteiger partial charge is 0.366 e. The normalized spacial score (nSPS) is 12.1. The zero-order valence-corrected chi connectivity index (χ0v) is 13.3. The van der Waals surface area contributed by atoms with E-state index in [9.17, 15) is 9.18 Å². The summed E-state index contributed by atoms with van der Waals surface area (Å²) in [5.41, 5.74) is 9.82. The molecule has 24 heavy (non-hydrogen) atoms. The number of rotatable bonds is 5. The standard InChI is InChI=1S/C19H18FN3O/c1-2-16(20)12-3-5-13(6-4-12)17-11-18(23-22-17)14-7-9-15(10-8-14)19(21)24/h3-11,16H,2H2,1H3,(H2,21,24)(H,22,23). The summed E-state index contributed by atoms with van der Waals surface area (Å²) in [5, 5.41) is 7.28. The molecule has 0 fully saturated rings. The average Bonchev–Trinajstić information content (AvgIpc) is 3.11. The van der Waals surface area contributed by atoms with Crippen molar-refractivity contribution in [3.8, 4) is 22.5 Å². The first-order valence-electron chi connectivity index (χ1n) is 7.78. The van der Waals surface area contributed by atoms with Gasteiger partial charge in [0.05, 0.1) is 11.4 Å². The van der Waals surface area contributed by atoms with Crippen LogP contribution < -0.4 is 5.73 Å². The van der Waals surface area contributed by atoms with Gasteiger partial charge in [-0.25, -0.2) is 4.39 Å². The minimum absolute atomic E-state index is 0.456. The third kappa shape index (κ3) is 3.20. The first-order valence-corrected chi connectivity index (χ1v) is 7.78. The van der Waals surface area contributed by atoms with Crippen molar-refractivity contribution in [2.24, 2.45) is 5.73 Å². The Labute approximate surface area is 139 Å². The highest BCUT2D eigenvalue weighted by molar-refractivity contribution is 5.93. The van der Waals surface area contributed by atoms with Crippen molar-refractivity contribution in [1.82, 2.24) is 10.2 Å². The Balaban J connectivity index is 1.83. The Hall–Kier alpha value is -2.95. The van der Waals surface area contributed by atoms with E-state index in [1.54, 1.807) is 36.4 Å². The summed E-state index contributed by atoms with van der Waals surface area (Å²) in [6.45, 7) is 1.82. The number of H-pyrrole nitrogens is 1. The van der Waals surface area contributed by atoms with Gasteiger partial charge in [0.2, 0.25) is 5.91 Å². The monoisotopic (exact) mass is 323 g/mol. The number of nitrogens with zero attached hydrogens (tertiary/aromatic N) is 1. The molecule has 1 aromatic heterocycles. The summed E-state index contributed by atoms with van der Waals surface area (Å²) in [6.07, 6.45) is -0.463. The van der Waals surface area contributed by atoms with Crippen molar-refractivity contribution in [3.05, 3.63) is 65.7 Å². The molecule has 0 aliphatic rings. The highest BCUT2D eigenvalue weighted by atomic mass is 19.1. The summed E-state index contributed by atoms with van der Waals surface area (Å²) in [5.74, 6) is -0.456. The van der Waals surface area contributed by atoms with Gasteiger partial charge in [0.1, 0.15) is 6.17 Å². The zero-order chi connectivity index (χ0) is 17.1. The van der Waals surface area contributed by atoms with Crippen molar-refractivity contribution in [2.75, 3.05) is 0 Å². The molecule has 1 heterocycles. The van der Waals surface area contributed by atoms with Crippen molar-refractivity contribution in [1.29, 1.82) is 0 Å². The van der Waals surface area contributed by atoms with Gasteiger partial charge >= 0.3 is 0 Å². The molecule has 1 unspecified atom stereocenters. The molecule has 0 saturated heterocycles. The number of carbonyl (C=O) groups is 1. The van der Waals surface area contributed by atoms with E-state index < -0.39 is 12.1 Å². The molecular formula is C19H18FN3O. The van der Waals surface area contributed by atoms with Crippen molar-refractivity contribution in [2.45, 2.75) is 19.5 Å². The maximum atomic E-state index is 13.7. The van der Waals surface area contributed by atoms with Crippen LogP contribution in [0.15, 0.2) is 54.6 Å². The van der Waals surface area contributed by atoms with Gasteiger partial charge in [0.15, 0.2) is 0 Å². The summed E-state index contributed by atoms with van der Waals surface area (Å²) < 4.78 is 13.7. The Morgan fingerprint density at radius 2 is 1.75 bits per heavy atom. The average molecular weight is 323 g/mol. The van der Waals surface area contributed by atoms with Crippen LogP contribution in [-0.2, 0) is 0 Å². The number of primary amides is 1. The van der Waals surface area contributed by atoms with Crippen LogP contribution in [-0.4, -0.2) is 16.1 Å². The molecule has 1 atom stereocenters. The summed E-state index contributed by atoms with van der Waals surface area (Å²) in [7, 11) is 0. The molecule has 3 rings (SSSR count).